The third-order valence-electron chi connectivity index (χ3n) is 3.01. The number of benzene rings is 1. The molecular weight excluding hydrogens is 272 g/mol. The average molecular weight is 294 g/mol. The number of aromatic hydroxyl groups is 1. The van der Waals surface area contributed by atoms with Crippen molar-refractivity contribution in [3.05, 3.63) is 24.3 Å². The van der Waals surface area contributed by atoms with Crippen molar-refractivity contribution in [3.63, 3.8) is 0 Å². The third-order valence-corrected chi connectivity index (χ3v) is 3.01. The second-order valence-electron chi connectivity index (χ2n) is 5.46. The summed E-state index contributed by atoms with van der Waals surface area (Å²) in [5.41, 5.74) is 0.763. The Labute approximate surface area is 124 Å². The smallest absolute Gasteiger partial charge is 0.326 e. The summed E-state index contributed by atoms with van der Waals surface area (Å²) in [6.45, 7) is 3.86. The van der Waals surface area contributed by atoms with E-state index < -0.39 is 12.0 Å². The molecule has 3 N–H and O–H groups in total. The molecule has 1 rings (SSSR count). The highest BCUT2D eigenvalue weighted by Crippen LogP contribution is 2.16. The van der Waals surface area contributed by atoms with E-state index >= 15 is 0 Å². The van der Waals surface area contributed by atoms with Crippen molar-refractivity contribution in [1.29, 1.82) is 0 Å². The summed E-state index contributed by atoms with van der Waals surface area (Å²) in [5, 5.41) is 20.8. The van der Waals surface area contributed by atoms with Gasteiger partial charge in [0.05, 0.1) is 6.54 Å². The summed E-state index contributed by atoms with van der Waals surface area (Å²) in [4.78, 5) is 24.7. The van der Waals surface area contributed by atoms with Gasteiger partial charge in [0, 0.05) is 12.7 Å². The number of hydrogen-bond acceptors (Lipinski definition) is 4. The third kappa shape index (κ3) is 5.72. The number of amides is 1. The van der Waals surface area contributed by atoms with Crippen molar-refractivity contribution >= 4 is 17.6 Å². The predicted molar refractivity (Wildman–Crippen MR) is 80.4 cm³/mol. The fourth-order valence-electron chi connectivity index (χ4n) is 1.95. The van der Waals surface area contributed by atoms with E-state index in [0.29, 0.717) is 6.42 Å². The van der Waals surface area contributed by atoms with Crippen LogP contribution in [0.15, 0.2) is 24.3 Å². The van der Waals surface area contributed by atoms with Crippen molar-refractivity contribution in [2.45, 2.75) is 26.3 Å². The molecule has 21 heavy (non-hydrogen) atoms. The summed E-state index contributed by atoms with van der Waals surface area (Å²) < 4.78 is 0. The molecule has 0 saturated heterocycles. The Bertz CT molecular complexity index is 485. The molecule has 1 aromatic carbocycles. The monoisotopic (exact) mass is 294 g/mol. The van der Waals surface area contributed by atoms with Crippen LogP contribution in [-0.2, 0) is 9.59 Å². The standard InChI is InChI=1S/C15H22N2O4/c1-10(2)8-13(15(20)21)16-14(19)9-17(3)11-4-6-12(18)7-5-11/h4-7,10,13,18H,8-9H2,1-3H3,(H,16,19)(H,20,21). The normalized spacial score (nSPS) is 12.0. The number of carbonyl (C=O) groups is 2. The minimum atomic E-state index is -1.02. The lowest BCUT2D eigenvalue weighted by atomic mass is 10.0. The molecule has 116 valence electrons. The van der Waals surface area contributed by atoms with E-state index in [1.54, 1.807) is 24.1 Å². The fourth-order valence-corrected chi connectivity index (χ4v) is 1.95. The maximum absolute atomic E-state index is 11.9. The number of likely N-dealkylation sites (N-methyl/N-ethyl adjacent to an activating group) is 1. The van der Waals surface area contributed by atoms with Crippen molar-refractivity contribution in [3.8, 4) is 5.75 Å². The van der Waals surface area contributed by atoms with Crippen LogP contribution in [0.3, 0.4) is 0 Å². The van der Waals surface area contributed by atoms with E-state index in [0.717, 1.165) is 5.69 Å². The molecule has 1 aromatic rings. The number of nitrogens with one attached hydrogen (secondary N) is 1. The van der Waals surface area contributed by atoms with Gasteiger partial charge in [0.25, 0.3) is 0 Å². The number of nitrogens with zero attached hydrogens (tertiary/aromatic N) is 1. The SMILES string of the molecule is CC(C)CC(NC(=O)CN(C)c1ccc(O)cc1)C(=O)O. The van der Waals surface area contributed by atoms with E-state index in [1.807, 2.05) is 13.8 Å². The number of aliphatic carboxylic acids is 1. The molecule has 0 saturated carbocycles. The van der Waals surface area contributed by atoms with E-state index in [-0.39, 0.29) is 24.1 Å². The Balaban J connectivity index is 2.59. The number of hydrogen-bond donors (Lipinski definition) is 3. The molecule has 6 nitrogen and oxygen atoms in total. The van der Waals surface area contributed by atoms with Crippen LogP contribution in [0.1, 0.15) is 20.3 Å². The van der Waals surface area contributed by atoms with Crippen LogP contribution in [0, 0.1) is 5.92 Å². The zero-order valence-electron chi connectivity index (χ0n) is 12.5. The molecule has 0 bridgehead atoms. The molecule has 0 radical (unpaired) electrons. The van der Waals surface area contributed by atoms with Gasteiger partial charge < -0.3 is 20.4 Å². The van der Waals surface area contributed by atoms with Crippen LogP contribution < -0.4 is 10.2 Å². The maximum Gasteiger partial charge on any atom is 0.326 e. The zero-order chi connectivity index (χ0) is 16.0. The van der Waals surface area contributed by atoms with Gasteiger partial charge in [0.1, 0.15) is 11.8 Å². The molecule has 0 spiro atoms. The van der Waals surface area contributed by atoms with Gasteiger partial charge in [0.15, 0.2) is 0 Å². The predicted octanol–water partition coefficient (Wildman–Crippen LogP) is 1.44. The van der Waals surface area contributed by atoms with Gasteiger partial charge in [0.2, 0.25) is 5.91 Å². The molecule has 0 aliphatic carbocycles. The molecule has 0 fully saturated rings. The second-order valence-corrected chi connectivity index (χ2v) is 5.46. The lowest BCUT2D eigenvalue weighted by Gasteiger charge is -2.21. The minimum Gasteiger partial charge on any atom is -0.508 e. The van der Waals surface area contributed by atoms with Crippen molar-refractivity contribution < 1.29 is 19.8 Å². The number of rotatable bonds is 7. The van der Waals surface area contributed by atoms with E-state index in [4.69, 9.17) is 5.11 Å². The highest BCUT2D eigenvalue weighted by Gasteiger charge is 2.21. The van der Waals surface area contributed by atoms with Crippen LogP contribution in [0.5, 0.6) is 5.75 Å². The Morgan fingerprint density at radius 1 is 1.24 bits per heavy atom. The Kier molecular flexibility index (Phi) is 6.02. The van der Waals surface area contributed by atoms with Gasteiger partial charge in [-0.05, 0) is 36.6 Å². The fraction of sp³-hybridized carbons (Fsp3) is 0.467. The lowest BCUT2D eigenvalue weighted by molar-refractivity contribution is -0.142. The van der Waals surface area contributed by atoms with Crippen molar-refractivity contribution in [1.82, 2.24) is 5.32 Å². The highest BCUT2D eigenvalue weighted by molar-refractivity contribution is 5.86. The minimum absolute atomic E-state index is 0.0483. The topological polar surface area (TPSA) is 89.9 Å². The summed E-state index contributed by atoms with van der Waals surface area (Å²) in [6.07, 6.45) is 0.393. The first kappa shape index (κ1) is 16.8. The molecule has 0 heterocycles. The Hall–Kier alpha value is -2.24. The molecule has 1 unspecified atom stereocenters. The van der Waals surface area contributed by atoms with E-state index in [2.05, 4.69) is 5.32 Å². The molecule has 0 aromatic heterocycles. The van der Waals surface area contributed by atoms with Crippen LogP contribution in [0.2, 0.25) is 0 Å². The van der Waals surface area contributed by atoms with Gasteiger partial charge in [-0.15, -0.1) is 0 Å². The van der Waals surface area contributed by atoms with Gasteiger partial charge in [-0.25, -0.2) is 4.79 Å². The van der Waals surface area contributed by atoms with E-state index in [1.165, 1.54) is 12.1 Å². The Morgan fingerprint density at radius 2 is 1.81 bits per heavy atom. The highest BCUT2D eigenvalue weighted by atomic mass is 16.4. The molecule has 0 aliphatic heterocycles. The lowest BCUT2D eigenvalue weighted by Crippen LogP contribution is -2.45. The first-order valence-electron chi connectivity index (χ1n) is 6.82. The number of phenols is 1. The molecule has 1 atom stereocenters. The zero-order valence-corrected chi connectivity index (χ0v) is 12.5. The largest absolute Gasteiger partial charge is 0.508 e. The van der Waals surface area contributed by atoms with Gasteiger partial charge in [-0.3, -0.25) is 4.79 Å². The molecule has 1 amide bonds. The summed E-state index contributed by atoms with van der Waals surface area (Å²) in [5.74, 6) is -1.04. The number of anilines is 1. The Morgan fingerprint density at radius 3 is 2.29 bits per heavy atom. The summed E-state index contributed by atoms with van der Waals surface area (Å²) in [7, 11) is 1.73. The van der Waals surface area contributed by atoms with Gasteiger partial charge in [-0.1, -0.05) is 13.8 Å². The number of carbonyl (C=O) groups excluding carboxylic acids is 1. The molecular formula is C15H22N2O4. The second kappa shape index (κ2) is 7.52. The van der Waals surface area contributed by atoms with Gasteiger partial charge >= 0.3 is 5.97 Å². The number of carboxylic acid groups (broad SMARTS) is 1. The summed E-state index contributed by atoms with van der Waals surface area (Å²) in [6, 6.07) is 5.56. The maximum atomic E-state index is 11.9. The number of carboxylic acids is 1. The van der Waals surface area contributed by atoms with Crippen LogP contribution in [0.25, 0.3) is 0 Å². The average Bonchev–Trinajstić information content (AvgIpc) is 2.37. The van der Waals surface area contributed by atoms with E-state index in [9.17, 15) is 14.7 Å². The molecule has 0 aliphatic rings. The first-order valence-corrected chi connectivity index (χ1v) is 6.82. The first-order chi connectivity index (χ1) is 9.79. The van der Waals surface area contributed by atoms with Crippen molar-refractivity contribution in [2.24, 2.45) is 5.92 Å². The number of phenolic OH excluding ortho intramolecular Hbond substituents is 1. The van der Waals surface area contributed by atoms with Gasteiger partial charge in [-0.2, -0.15) is 0 Å². The van der Waals surface area contributed by atoms with Crippen LogP contribution in [-0.4, -0.2) is 41.7 Å². The van der Waals surface area contributed by atoms with Crippen LogP contribution >= 0.6 is 0 Å². The van der Waals surface area contributed by atoms with Crippen molar-refractivity contribution in [2.75, 3.05) is 18.5 Å². The quantitative estimate of drug-likeness (QED) is 0.708. The molecule has 6 heteroatoms. The summed E-state index contributed by atoms with van der Waals surface area (Å²) >= 11 is 0. The van der Waals surface area contributed by atoms with Crippen LogP contribution in [0.4, 0.5) is 5.69 Å².